The van der Waals surface area contributed by atoms with Crippen LogP contribution in [0.3, 0.4) is 0 Å². The van der Waals surface area contributed by atoms with Crippen molar-refractivity contribution in [3.63, 3.8) is 0 Å². The van der Waals surface area contributed by atoms with Gasteiger partial charge in [-0.25, -0.2) is 4.39 Å². The van der Waals surface area contributed by atoms with Gasteiger partial charge in [0.1, 0.15) is 5.82 Å². The van der Waals surface area contributed by atoms with Gasteiger partial charge in [0.05, 0.1) is 10.5 Å². The van der Waals surface area contributed by atoms with Crippen LogP contribution >= 0.6 is 28.3 Å². The molecule has 0 saturated carbocycles. The Morgan fingerprint density at radius 2 is 2.32 bits per heavy atom. The van der Waals surface area contributed by atoms with Crippen molar-refractivity contribution < 1.29 is 9.18 Å². The molecule has 0 bridgehead atoms. The van der Waals surface area contributed by atoms with Gasteiger partial charge in [0.15, 0.2) is 0 Å². The fourth-order valence-electron chi connectivity index (χ4n) is 2.06. The highest BCUT2D eigenvalue weighted by atomic mass is 79.9. The van der Waals surface area contributed by atoms with Crippen LogP contribution < -0.4 is 10.6 Å². The highest BCUT2D eigenvalue weighted by molar-refractivity contribution is 9.10. The van der Waals surface area contributed by atoms with Gasteiger partial charge < -0.3 is 10.6 Å². The lowest BCUT2D eigenvalue weighted by molar-refractivity contribution is -0.122. The summed E-state index contributed by atoms with van der Waals surface area (Å²) in [5.74, 6) is -0.202. The molecule has 1 aromatic carbocycles. The van der Waals surface area contributed by atoms with Gasteiger partial charge >= 0.3 is 0 Å². The number of rotatable bonds is 4. The largest absolute Gasteiger partial charge is 0.354 e. The number of carbonyl (C=O) groups is 1. The maximum absolute atomic E-state index is 13.0. The van der Waals surface area contributed by atoms with Crippen molar-refractivity contribution in [2.45, 2.75) is 25.3 Å². The van der Waals surface area contributed by atoms with Crippen molar-refractivity contribution in [1.29, 1.82) is 0 Å². The summed E-state index contributed by atoms with van der Waals surface area (Å²) in [7, 11) is 0. The molecule has 106 valence electrons. The van der Waals surface area contributed by atoms with Crippen LogP contribution in [0.25, 0.3) is 0 Å². The molecule has 1 aromatic rings. The first-order chi connectivity index (χ1) is 8.66. The molecule has 0 radical (unpaired) electrons. The fourth-order valence-corrected chi connectivity index (χ4v) is 2.48. The van der Waals surface area contributed by atoms with E-state index in [1.54, 1.807) is 12.1 Å². The maximum Gasteiger partial charge on any atom is 0.237 e. The molecule has 1 saturated heterocycles. The minimum Gasteiger partial charge on any atom is -0.354 e. The van der Waals surface area contributed by atoms with Gasteiger partial charge in [-0.15, -0.1) is 12.4 Å². The normalized spacial score (nSPS) is 17.9. The SMILES string of the molecule is Cl.O=C(NCCc1ccc(F)c(Br)c1)C1CCCN1. The van der Waals surface area contributed by atoms with Crippen molar-refractivity contribution in [2.75, 3.05) is 13.1 Å². The number of hydrogen-bond acceptors (Lipinski definition) is 2. The Morgan fingerprint density at radius 1 is 1.53 bits per heavy atom. The summed E-state index contributed by atoms with van der Waals surface area (Å²) in [6, 6.07) is 4.87. The maximum atomic E-state index is 13.0. The van der Waals surface area contributed by atoms with Gasteiger partial charge in [0, 0.05) is 6.54 Å². The minimum absolute atomic E-state index is 0. The van der Waals surface area contributed by atoms with Crippen LogP contribution in [-0.4, -0.2) is 25.0 Å². The first-order valence-corrected chi connectivity index (χ1v) is 6.91. The molecule has 2 rings (SSSR count). The van der Waals surface area contributed by atoms with Crippen molar-refractivity contribution in [3.8, 4) is 0 Å². The van der Waals surface area contributed by atoms with Crippen LogP contribution in [0.4, 0.5) is 4.39 Å². The van der Waals surface area contributed by atoms with Gasteiger partial charge in [-0.3, -0.25) is 4.79 Å². The summed E-state index contributed by atoms with van der Waals surface area (Å²) in [6.45, 7) is 1.50. The van der Waals surface area contributed by atoms with Crippen LogP contribution in [0.15, 0.2) is 22.7 Å². The van der Waals surface area contributed by atoms with Crippen molar-refractivity contribution >= 4 is 34.2 Å². The monoisotopic (exact) mass is 350 g/mol. The zero-order chi connectivity index (χ0) is 13.0. The van der Waals surface area contributed by atoms with Crippen molar-refractivity contribution in [2.24, 2.45) is 0 Å². The molecule has 1 unspecified atom stereocenters. The average molecular weight is 352 g/mol. The third-order valence-corrected chi connectivity index (χ3v) is 3.68. The van der Waals surface area contributed by atoms with Gasteiger partial charge in [-0.1, -0.05) is 6.07 Å². The molecule has 0 spiro atoms. The van der Waals surface area contributed by atoms with Crippen LogP contribution in [0.5, 0.6) is 0 Å². The highest BCUT2D eigenvalue weighted by Gasteiger charge is 2.21. The van der Waals surface area contributed by atoms with E-state index in [2.05, 4.69) is 26.6 Å². The van der Waals surface area contributed by atoms with E-state index < -0.39 is 0 Å². The topological polar surface area (TPSA) is 41.1 Å². The molecule has 0 aromatic heterocycles. The van der Waals surface area contributed by atoms with Crippen LogP contribution in [-0.2, 0) is 11.2 Å². The third kappa shape index (κ3) is 4.75. The molecule has 1 amide bonds. The Bertz CT molecular complexity index is 439. The number of carbonyl (C=O) groups excluding carboxylic acids is 1. The quantitative estimate of drug-likeness (QED) is 0.875. The summed E-state index contributed by atoms with van der Waals surface area (Å²) in [6.07, 6.45) is 2.67. The molecule has 19 heavy (non-hydrogen) atoms. The van der Waals surface area contributed by atoms with Crippen LogP contribution in [0.1, 0.15) is 18.4 Å². The summed E-state index contributed by atoms with van der Waals surface area (Å²) >= 11 is 3.15. The number of halogens is 3. The van der Waals surface area contributed by atoms with E-state index in [1.807, 2.05) is 0 Å². The molecule has 1 aliphatic rings. The lowest BCUT2D eigenvalue weighted by atomic mass is 10.1. The van der Waals surface area contributed by atoms with Crippen molar-refractivity contribution in [3.05, 3.63) is 34.1 Å². The van der Waals surface area contributed by atoms with Crippen LogP contribution in [0.2, 0.25) is 0 Å². The predicted octanol–water partition coefficient (Wildman–Crippen LogP) is 2.42. The molecular weight excluding hydrogens is 335 g/mol. The Morgan fingerprint density at radius 3 is 2.95 bits per heavy atom. The van der Waals surface area contributed by atoms with E-state index in [0.717, 1.165) is 24.9 Å². The summed E-state index contributed by atoms with van der Waals surface area (Å²) in [5, 5.41) is 6.05. The molecular formula is C13H17BrClFN2O. The van der Waals surface area contributed by atoms with E-state index in [-0.39, 0.29) is 30.2 Å². The van der Waals surface area contributed by atoms with E-state index in [1.165, 1.54) is 6.07 Å². The molecule has 0 aliphatic carbocycles. The van der Waals surface area contributed by atoms with E-state index in [9.17, 15) is 9.18 Å². The number of benzene rings is 1. The Hall–Kier alpha value is -0.650. The molecule has 1 atom stereocenters. The van der Waals surface area contributed by atoms with Gasteiger partial charge in [0.2, 0.25) is 5.91 Å². The molecule has 1 heterocycles. The molecule has 1 aliphatic heterocycles. The van der Waals surface area contributed by atoms with Crippen molar-refractivity contribution in [1.82, 2.24) is 10.6 Å². The first-order valence-electron chi connectivity index (χ1n) is 6.12. The second-order valence-corrected chi connectivity index (χ2v) is 5.29. The van der Waals surface area contributed by atoms with E-state index in [0.29, 0.717) is 17.4 Å². The second-order valence-electron chi connectivity index (χ2n) is 4.44. The zero-order valence-electron chi connectivity index (χ0n) is 10.4. The Kier molecular flexibility index (Phi) is 6.75. The van der Waals surface area contributed by atoms with Gasteiger partial charge in [0.25, 0.3) is 0 Å². The average Bonchev–Trinajstić information content (AvgIpc) is 2.87. The molecule has 2 N–H and O–H groups in total. The zero-order valence-corrected chi connectivity index (χ0v) is 12.8. The number of nitrogens with one attached hydrogen (secondary N) is 2. The minimum atomic E-state index is -0.266. The predicted molar refractivity (Wildman–Crippen MR) is 79.1 cm³/mol. The smallest absolute Gasteiger partial charge is 0.237 e. The third-order valence-electron chi connectivity index (χ3n) is 3.07. The second kappa shape index (κ2) is 7.82. The van der Waals surface area contributed by atoms with E-state index in [4.69, 9.17) is 0 Å². The standard InChI is InChI=1S/C13H16BrFN2O.ClH/c14-10-8-9(3-4-11(10)15)5-7-17-13(18)12-2-1-6-16-12;/h3-4,8,12,16H,1-2,5-7H2,(H,17,18);1H. The molecule has 3 nitrogen and oxygen atoms in total. The van der Waals surface area contributed by atoms with Gasteiger partial charge in [-0.05, 0) is 59.4 Å². The lowest BCUT2D eigenvalue weighted by Gasteiger charge is -2.11. The number of hydrogen-bond donors (Lipinski definition) is 2. The fraction of sp³-hybridized carbons (Fsp3) is 0.462. The van der Waals surface area contributed by atoms with Gasteiger partial charge in [-0.2, -0.15) is 0 Å². The van der Waals surface area contributed by atoms with E-state index >= 15 is 0 Å². The summed E-state index contributed by atoms with van der Waals surface area (Å²) < 4.78 is 13.5. The molecule has 1 fully saturated rings. The molecule has 6 heteroatoms. The lowest BCUT2D eigenvalue weighted by Crippen LogP contribution is -2.41. The Labute approximate surface area is 126 Å². The highest BCUT2D eigenvalue weighted by Crippen LogP contribution is 2.16. The number of amides is 1. The summed E-state index contributed by atoms with van der Waals surface area (Å²) in [5.41, 5.74) is 1.00. The first kappa shape index (κ1) is 16.4. The van der Waals surface area contributed by atoms with Crippen LogP contribution in [0, 0.1) is 5.82 Å². The summed E-state index contributed by atoms with van der Waals surface area (Å²) in [4.78, 5) is 11.7. The Balaban J connectivity index is 0.00000180.